The average molecular weight is 434 g/mol. The van der Waals surface area contributed by atoms with Gasteiger partial charge in [-0.2, -0.15) is 0 Å². The van der Waals surface area contributed by atoms with Crippen molar-refractivity contribution >= 4 is 28.2 Å². The van der Waals surface area contributed by atoms with E-state index in [1.54, 1.807) is 25.1 Å². The number of carbonyl (C=O) groups is 2. The van der Waals surface area contributed by atoms with Crippen molar-refractivity contribution in [2.24, 2.45) is 5.41 Å². The molecule has 164 valence electrons. The predicted molar refractivity (Wildman–Crippen MR) is 120 cm³/mol. The molecule has 1 amide bonds. The van der Waals surface area contributed by atoms with Gasteiger partial charge >= 0.3 is 5.97 Å². The summed E-state index contributed by atoms with van der Waals surface area (Å²) in [5, 5.41) is 3.33. The van der Waals surface area contributed by atoms with Crippen LogP contribution in [-0.4, -0.2) is 32.7 Å². The number of hydrogen-bond donors (Lipinski definition) is 1. The number of benzene rings is 1. The van der Waals surface area contributed by atoms with E-state index >= 15 is 0 Å². The first-order chi connectivity index (χ1) is 14.1. The van der Waals surface area contributed by atoms with Gasteiger partial charge in [-0.25, -0.2) is 4.79 Å². The number of hydrogen-bond acceptors (Lipinski definition) is 6. The summed E-state index contributed by atoms with van der Waals surface area (Å²) in [6, 6.07) is 6.95. The Kier molecular flexibility index (Phi) is 7.89. The van der Waals surface area contributed by atoms with E-state index in [0.29, 0.717) is 22.1 Å². The molecule has 0 aliphatic rings. The Morgan fingerprint density at radius 2 is 1.73 bits per heavy atom. The molecule has 1 heterocycles. The molecule has 1 aromatic carbocycles. The zero-order valence-electron chi connectivity index (χ0n) is 18.8. The number of rotatable bonds is 8. The van der Waals surface area contributed by atoms with Gasteiger partial charge in [0.15, 0.2) is 0 Å². The summed E-state index contributed by atoms with van der Waals surface area (Å²) in [6.07, 6.45) is 0.948. The van der Waals surface area contributed by atoms with E-state index in [9.17, 15) is 9.59 Å². The van der Waals surface area contributed by atoms with Crippen molar-refractivity contribution in [2.45, 2.75) is 47.0 Å². The number of anilines is 1. The lowest BCUT2D eigenvalue weighted by Gasteiger charge is -2.22. The number of methoxy groups -OCH3 is 2. The standard InChI is InChI=1S/C23H31NO5S/c1-8-29-22(26)15-12-18(14(2)13-23(3,4)5)30-21(15)24-20(25)19-16(27-6)10-9-11-17(19)28-7/h9-12,14H,8,13H2,1-7H3,(H,24,25). The molecule has 1 N–H and O–H groups in total. The van der Waals surface area contributed by atoms with Gasteiger partial charge in [-0.15, -0.1) is 11.3 Å². The highest BCUT2D eigenvalue weighted by Crippen LogP contribution is 2.39. The van der Waals surface area contributed by atoms with Crippen LogP contribution in [0.5, 0.6) is 11.5 Å². The molecule has 0 bridgehead atoms. The summed E-state index contributed by atoms with van der Waals surface area (Å²) in [6.45, 7) is 10.7. The molecule has 2 rings (SSSR count). The van der Waals surface area contributed by atoms with Gasteiger partial charge in [0.25, 0.3) is 5.91 Å². The number of esters is 1. The molecular weight excluding hydrogens is 402 g/mol. The van der Waals surface area contributed by atoms with Crippen LogP contribution in [0.25, 0.3) is 0 Å². The summed E-state index contributed by atoms with van der Waals surface area (Å²) in [5.41, 5.74) is 0.775. The summed E-state index contributed by atoms with van der Waals surface area (Å²) < 4.78 is 15.9. The van der Waals surface area contributed by atoms with E-state index in [-0.39, 0.29) is 23.5 Å². The first-order valence-electron chi connectivity index (χ1n) is 9.94. The van der Waals surface area contributed by atoms with Crippen LogP contribution in [0.3, 0.4) is 0 Å². The summed E-state index contributed by atoms with van der Waals surface area (Å²) in [4.78, 5) is 26.7. The second-order valence-corrected chi connectivity index (χ2v) is 9.35. The zero-order valence-corrected chi connectivity index (χ0v) is 19.6. The van der Waals surface area contributed by atoms with E-state index < -0.39 is 11.9 Å². The molecule has 0 spiro atoms. The SMILES string of the molecule is CCOC(=O)c1cc(C(C)CC(C)(C)C)sc1NC(=O)c1c(OC)cccc1OC. The molecule has 0 saturated heterocycles. The topological polar surface area (TPSA) is 73.9 Å². The van der Waals surface area contributed by atoms with Crippen LogP contribution in [0.15, 0.2) is 24.3 Å². The molecule has 1 aromatic heterocycles. The summed E-state index contributed by atoms with van der Waals surface area (Å²) >= 11 is 1.40. The highest BCUT2D eigenvalue weighted by Gasteiger charge is 2.26. The van der Waals surface area contributed by atoms with Crippen molar-refractivity contribution in [3.63, 3.8) is 0 Å². The third-order valence-corrected chi connectivity index (χ3v) is 5.81. The molecule has 0 aliphatic heterocycles. The first-order valence-corrected chi connectivity index (χ1v) is 10.8. The van der Waals surface area contributed by atoms with Crippen LogP contribution in [-0.2, 0) is 4.74 Å². The predicted octanol–water partition coefficient (Wildman–Crippen LogP) is 5.73. The van der Waals surface area contributed by atoms with Gasteiger partial charge in [-0.1, -0.05) is 33.8 Å². The Bertz CT molecular complexity index is 875. The average Bonchev–Trinajstić information content (AvgIpc) is 3.10. The summed E-state index contributed by atoms with van der Waals surface area (Å²) in [5.74, 6) is 0.149. The van der Waals surface area contributed by atoms with Crippen LogP contribution < -0.4 is 14.8 Å². The van der Waals surface area contributed by atoms with E-state index in [1.807, 2.05) is 6.07 Å². The van der Waals surface area contributed by atoms with Gasteiger partial charge in [0.2, 0.25) is 0 Å². The van der Waals surface area contributed by atoms with Gasteiger partial charge in [-0.05, 0) is 42.9 Å². The number of thiophene rings is 1. The number of amides is 1. The largest absolute Gasteiger partial charge is 0.496 e. The number of ether oxygens (including phenoxy) is 3. The smallest absolute Gasteiger partial charge is 0.341 e. The molecule has 0 saturated carbocycles. The second-order valence-electron chi connectivity index (χ2n) is 8.27. The van der Waals surface area contributed by atoms with Gasteiger partial charge in [0, 0.05) is 4.88 Å². The number of nitrogens with one attached hydrogen (secondary N) is 1. The Balaban J connectivity index is 2.43. The third-order valence-electron chi connectivity index (χ3n) is 4.53. The fourth-order valence-corrected chi connectivity index (χ4v) is 4.46. The molecule has 0 radical (unpaired) electrons. The Hall–Kier alpha value is -2.54. The maximum absolute atomic E-state index is 13.1. The van der Waals surface area contributed by atoms with Crippen molar-refractivity contribution in [3.05, 3.63) is 40.3 Å². The normalized spacial score (nSPS) is 12.2. The molecule has 0 aliphatic carbocycles. The number of carbonyl (C=O) groups excluding carboxylic acids is 2. The second kappa shape index (κ2) is 9.98. The van der Waals surface area contributed by atoms with Gasteiger partial charge in [-0.3, -0.25) is 4.79 Å². The van der Waals surface area contributed by atoms with E-state index in [0.717, 1.165) is 11.3 Å². The highest BCUT2D eigenvalue weighted by molar-refractivity contribution is 7.16. The molecule has 30 heavy (non-hydrogen) atoms. The molecule has 1 atom stereocenters. The zero-order chi connectivity index (χ0) is 22.5. The van der Waals surface area contributed by atoms with Crippen LogP contribution in [0.4, 0.5) is 5.00 Å². The lowest BCUT2D eigenvalue weighted by atomic mass is 9.85. The Labute approximate surface area is 182 Å². The van der Waals surface area contributed by atoms with E-state index in [1.165, 1.54) is 25.6 Å². The molecule has 0 fully saturated rings. The molecule has 1 unspecified atom stereocenters. The van der Waals surface area contributed by atoms with Crippen molar-refractivity contribution in [2.75, 3.05) is 26.1 Å². The van der Waals surface area contributed by atoms with Gasteiger partial charge < -0.3 is 19.5 Å². The summed E-state index contributed by atoms with van der Waals surface area (Å²) in [7, 11) is 2.99. The van der Waals surface area contributed by atoms with Crippen molar-refractivity contribution in [1.82, 2.24) is 0 Å². The molecule has 7 heteroatoms. The maximum atomic E-state index is 13.1. The van der Waals surface area contributed by atoms with Gasteiger partial charge in [0.05, 0.1) is 26.4 Å². The fraction of sp³-hybridized carbons (Fsp3) is 0.478. The van der Waals surface area contributed by atoms with Crippen molar-refractivity contribution in [1.29, 1.82) is 0 Å². The molecule has 2 aromatic rings. The van der Waals surface area contributed by atoms with Crippen molar-refractivity contribution in [3.8, 4) is 11.5 Å². The lowest BCUT2D eigenvalue weighted by molar-refractivity contribution is 0.0528. The third kappa shape index (κ3) is 5.75. The minimum atomic E-state index is -0.453. The minimum Gasteiger partial charge on any atom is -0.496 e. The van der Waals surface area contributed by atoms with Gasteiger partial charge in [0.1, 0.15) is 22.1 Å². The highest BCUT2D eigenvalue weighted by atomic mass is 32.1. The van der Waals surface area contributed by atoms with Crippen molar-refractivity contribution < 1.29 is 23.8 Å². The lowest BCUT2D eigenvalue weighted by Crippen LogP contribution is -2.16. The Morgan fingerprint density at radius 1 is 1.13 bits per heavy atom. The van der Waals surface area contributed by atoms with Crippen LogP contribution >= 0.6 is 11.3 Å². The first kappa shape index (κ1) is 23.7. The van der Waals surface area contributed by atoms with E-state index in [2.05, 4.69) is 33.0 Å². The van der Waals surface area contributed by atoms with Crippen LogP contribution in [0, 0.1) is 5.41 Å². The monoisotopic (exact) mass is 433 g/mol. The quantitative estimate of drug-likeness (QED) is 0.538. The van der Waals surface area contributed by atoms with Crippen LogP contribution in [0.1, 0.15) is 72.6 Å². The Morgan fingerprint density at radius 3 is 2.23 bits per heavy atom. The minimum absolute atomic E-state index is 0.141. The molecule has 6 nitrogen and oxygen atoms in total. The van der Waals surface area contributed by atoms with Crippen LogP contribution in [0.2, 0.25) is 0 Å². The fourth-order valence-electron chi connectivity index (χ4n) is 3.37. The maximum Gasteiger partial charge on any atom is 0.341 e. The molecular formula is C23H31NO5S. The van der Waals surface area contributed by atoms with E-state index in [4.69, 9.17) is 14.2 Å².